The van der Waals surface area contributed by atoms with Crippen molar-refractivity contribution in [1.82, 2.24) is 14.2 Å². The average Bonchev–Trinajstić information content (AvgIpc) is 2.86. The van der Waals surface area contributed by atoms with Crippen LogP contribution in [0.15, 0.2) is 41.6 Å². The van der Waals surface area contributed by atoms with Crippen LogP contribution in [0.2, 0.25) is 0 Å². The first-order valence-electron chi connectivity index (χ1n) is 8.99. The minimum atomic E-state index is -3.63. The SMILES string of the molecule is CC(C)(C)OC(=O)N1CCCN(S(=O)(=O)c2ccc3cnccc3c2)CC1. The van der Waals surface area contributed by atoms with Crippen molar-refractivity contribution in [2.24, 2.45) is 0 Å². The first-order chi connectivity index (χ1) is 12.7. The lowest BCUT2D eigenvalue weighted by Gasteiger charge is -2.26. The Morgan fingerprint density at radius 2 is 1.85 bits per heavy atom. The fraction of sp³-hybridized carbons (Fsp3) is 0.474. The molecule has 8 heteroatoms. The van der Waals surface area contributed by atoms with Crippen LogP contribution in [-0.2, 0) is 14.8 Å². The zero-order chi connectivity index (χ0) is 19.7. The van der Waals surface area contributed by atoms with Gasteiger partial charge >= 0.3 is 6.09 Å². The van der Waals surface area contributed by atoms with E-state index in [4.69, 9.17) is 4.74 Å². The molecular weight excluding hydrogens is 366 g/mol. The third-order valence-corrected chi connectivity index (χ3v) is 6.25. The average molecular weight is 391 g/mol. The van der Waals surface area contributed by atoms with Gasteiger partial charge in [0.2, 0.25) is 10.0 Å². The Kier molecular flexibility index (Phi) is 5.39. The van der Waals surface area contributed by atoms with E-state index in [0.717, 1.165) is 10.8 Å². The smallest absolute Gasteiger partial charge is 0.410 e. The molecule has 27 heavy (non-hydrogen) atoms. The fourth-order valence-corrected chi connectivity index (χ4v) is 4.52. The number of nitrogens with zero attached hydrogens (tertiary/aromatic N) is 3. The van der Waals surface area contributed by atoms with E-state index in [1.807, 2.05) is 20.8 Å². The maximum absolute atomic E-state index is 13.1. The van der Waals surface area contributed by atoms with Gasteiger partial charge < -0.3 is 9.64 Å². The Hall–Kier alpha value is -2.19. The summed E-state index contributed by atoms with van der Waals surface area (Å²) in [5, 5.41) is 1.72. The minimum absolute atomic E-state index is 0.246. The Labute approximate surface area is 160 Å². The van der Waals surface area contributed by atoms with E-state index < -0.39 is 21.7 Å². The van der Waals surface area contributed by atoms with Crippen LogP contribution in [0.5, 0.6) is 0 Å². The standard InChI is InChI=1S/C19H25N3O4S/c1-19(2,3)26-18(23)21-9-4-10-22(12-11-21)27(24,25)17-6-5-16-14-20-8-7-15(16)13-17/h5-8,13-14H,4,9-12H2,1-3H3. The molecule has 0 bridgehead atoms. The normalized spacial score (nSPS) is 16.9. The van der Waals surface area contributed by atoms with Crippen molar-refractivity contribution in [3.05, 3.63) is 36.7 Å². The predicted molar refractivity (Wildman–Crippen MR) is 103 cm³/mol. The first kappa shape index (κ1) is 19.6. The van der Waals surface area contributed by atoms with E-state index in [2.05, 4.69) is 4.98 Å². The molecule has 0 unspecified atom stereocenters. The topological polar surface area (TPSA) is 79.8 Å². The molecule has 0 N–H and O–H groups in total. The number of aromatic nitrogens is 1. The molecule has 0 radical (unpaired) electrons. The minimum Gasteiger partial charge on any atom is -0.444 e. The number of carbonyl (C=O) groups is 1. The van der Waals surface area contributed by atoms with Gasteiger partial charge in [-0.05, 0) is 50.8 Å². The molecule has 2 aromatic rings. The van der Waals surface area contributed by atoms with E-state index in [1.54, 1.807) is 41.6 Å². The van der Waals surface area contributed by atoms with E-state index >= 15 is 0 Å². The molecule has 0 aliphatic carbocycles. The first-order valence-corrected chi connectivity index (χ1v) is 10.4. The zero-order valence-electron chi connectivity index (χ0n) is 15.9. The van der Waals surface area contributed by atoms with Gasteiger partial charge in [0.05, 0.1) is 4.90 Å². The Morgan fingerprint density at radius 3 is 2.59 bits per heavy atom. The number of hydrogen-bond donors (Lipinski definition) is 0. The number of benzene rings is 1. The monoisotopic (exact) mass is 391 g/mol. The summed E-state index contributed by atoms with van der Waals surface area (Å²) in [7, 11) is -3.63. The molecule has 1 aliphatic heterocycles. The third-order valence-electron chi connectivity index (χ3n) is 4.36. The maximum atomic E-state index is 13.1. The number of rotatable bonds is 2. The highest BCUT2D eigenvalue weighted by Crippen LogP contribution is 2.23. The number of fused-ring (bicyclic) bond motifs is 1. The molecule has 3 rings (SSSR count). The summed E-state index contributed by atoms with van der Waals surface area (Å²) in [6, 6.07) is 6.83. The second kappa shape index (κ2) is 7.44. The highest BCUT2D eigenvalue weighted by molar-refractivity contribution is 7.89. The summed E-state index contributed by atoms with van der Waals surface area (Å²) in [6.45, 7) is 6.85. The summed E-state index contributed by atoms with van der Waals surface area (Å²) in [4.78, 5) is 18.1. The van der Waals surface area contributed by atoms with Gasteiger partial charge in [-0.15, -0.1) is 0 Å². The van der Waals surface area contributed by atoms with Crippen LogP contribution in [0.4, 0.5) is 4.79 Å². The van der Waals surface area contributed by atoms with Crippen LogP contribution < -0.4 is 0 Å². The van der Waals surface area contributed by atoms with Gasteiger partial charge in [0.25, 0.3) is 0 Å². The molecule has 1 fully saturated rings. The number of sulfonamides is 1. The van der Waals surface area contributed by atoms with Crippen LogP contribution in [0, 0.1) is 0 Å². The summed E-state index contributed by atoms with van der Waals surface area (Å²) in [5.41, 5.74) is -0.574. The van der Waals surface area contributed by atoms with Crippen molar-refractivity contribution in [3.63, 3.8) is 0 Å². The Morgan fingerprint density at radius 1 is 1.07 bits per heavy atom. The van der Waals surface area contributed by atoms with Crippen molar-refractivity contribution in [2.45, 2.75) is 37.7 Å². The molecule has 1 aliphatic rings. The number of ether oxygens (including phenoxy) is 1. The highest BCUT2D eigenvalue weighted by atomic mass is 32.2. The van der Waals surface area contributed by atoms with E-state index in [1.165, 1.54) is 4.31 Å². The van der Waals surface area contributed by atoms with Crippen molar-refractivity contribution >= 4 is 26.9 Å². The lowest BCUT2D eigenvalue weighted by molar-refractivity contribution is 0.0260. The molecule has 1 aromatic carbocycles. The predicted octanol–water partition coefficient (Wildman–Crippen LogP) is 2.87. The van der Waals surface area contributed by atoms with Crippen molar-refractivity contribution in [1.29, 1.82) is 0 Å². The molecule has 146 valence electrons. The molecule has 1 amide bonds. The number of amides is 1. The quantitative estimate of drug-likeness (QED) is 0.786. The van der Waals surface area contributed by atoms with Gasteiger partial charge in [-0.3, -0.25) is 4.98 Å². The Bertz CT molecular complexity index is 937. The largest absolute Gasteiger partial charge is 0.444 e. The van der Waals surface area contributed by atoms with Crippen molar-refractivity contribution in [2.75, 3.05) is 26.2 Å². The summed E-state index contributed by atoms with van der Waals surface area (Å²) >= 11 is 0. The van der Waals surface area contributed by atoms with Gasteiger partial charge in [0.1, 0.15) is 5.60 Å². The lowest BCUT2D eigenvalue weighted by atomic mass is 10.2. The molecule has 1 saturated heterocycles. The summed E-state index contributed by atoms with van der Waals surface area (Å²) in [6.07, 6.45) is 3.51. The molecule has 1 aromatic heterocycles. The van der Waals surface area contributed by atoms with Crippen LogP contribution in [0.3, 0.4) is 0 Å². The van der Waals surface area contributed by atoms with Crippen LogP contribution in [0.1, 0.15) is 27.2 Å². The molecule has 0 atom stereocenters. The summed E-state index contributed by atoms with van der Waals surface area (Å²) in [5.74, 6) is 0. The Balaban J connectivity index is 1.76. The molecule has 7 nitrogen and oxygen atoms in total. The third kappa shape index (κ3) is 4.56. The number of hydrogen-bond acceptors (Lipinski definition) is 5. The van der Waals surface area contributed by atoms with Gasteiger partial charge in [-0.25, -0.2) is 13.2 Å². The van der Waals surface area contributed by atoms with Gasteiger partial charge in [0.15, 0.2) is 0 Å². The van der Waals surface area contributed by atoms with Crippen LogP contribution in [-0.4, -0.2) is 60.5 Å². The van der Waals surface area contributed by atoms with Crippen LogP contribution in [0.25, 0.3) is 10.8 Å². The van der Waals surface area contributed by atoms with Gasteiger partial charge in [-0.1, -0.05) is 6.07 Å². The highest BCUT2D eigenvalue weighted by Gasteiger charge is 2.30. The molecule has 0 spiro atoms. The zero-order valence-corrected chi connectivity index (χ0v) is 16.7. The lowest BCUT2D eigenvalue weighted by Crippen LogP contribution is -2.40. The summed E-state index contributed by atoms with van der Waals surface area (Å²) < 4.78 is 33.0. The second-order valence-corrected chi connectivity index (χ2v) is 9.55. The maximum Gasteiger partial charge on any atom is 0.410 e. The van der Waals surface area contributed by atoms with E-state index in [9.17, 15) is 13.2 Å². The van der Waals surface area contributed by atoms with E-state index in [-0.39, 0.29) is 11.4 Å². The van der Waals surface area contributed by atoms with E-state index in [0.29, 0.717) is 26.1 Å². The molecule has 0 saturated carbocycles. The second-order valence-electron chi connectivity index (χ2n) is 7.61. The molecule has 2 heterocycles. The fourth-order valence-electron chi connectivity index (χ4n) is 3.01. The number of carbonyl (C=O) groups excluding carboxylic acids is 1. The molecular formula is C19H25N3O4S. The van der Waals surface area contributed by atoms with Gasteiger partial charge in [0, 0.05) is 44.0 Å². The van der Waals surface area contributed by atoms with Crippen molar-refractivity contribution < 1.29 is 17.9 Å². The van der Waals surface area contributed by atoms with Crippen LogP contribution >= 0.6 is 0 Å². The van der Waals surface area contributed by atoms with Gasteiger partial charge in [-0.2, -0.15) is 4.31 Å². The number of pyridine rings is 1. The van der Waals surface area contributed by atoms with Crippen molar-refractivity contribution in [3.8, 4) is 0 Å².